The van der Waals surface area contributed by atoms with E-state index in [1.54, 1.807) is 26.4 Å². The van der Waals surface area contributed by atoms with Crippen LogP contribution in [0.5, 0.6) is 11.5 Å². The van der Waals surface area contributed by atoms with E-state index in [-0.39, 0.29) is 6.61 Å². The minimum absolute atomic E-state index is 0.0319. The minimum atomic E-state index is -0.397. The zero-order valence-corrected chi connectivity index (χ0v) is 11.9. The monoisotopic (exact) mass is 282 g/mol. The van der Waals surface area contributed by atoms with E-state index in [1.807, 2.05) is 0 Å². The van der Waals surface area contributed by atoms with E-state index in [2.05, 4.69) is 5.32 Å². The van der Waals surface area contributed by atoms with Crippen molar-refractivity contribution < 1.29 is 19.3 Å². The first-order valence-electron chi connectivity index (χ1n) is 6.62. The molecule has 0 atom stereocenters. The van der Waals surface area contributed by atoms with Gasteiger partial charge in [-0.25, -0.2) is 0 Å². The molecule has 0 saturated carbocycles. The van der Waals surface area contributed by atoms with Crippen molar-refractivity contribution in [3.8, 4) is 11.5 Å². The van der Waals surface area contributed by atoms with Crippen LogP contribution in [-0.2, 0) is 4.74 Å². The second-order valence-electron chi connectivity index (χ2n) is 4.97. The molecule has 6 nitrogen and oxygen atoms in total. The highest BCUT2D eigenvalue weighted by molar-refractivity contribution is 5.72. The highest BCUT2D eigenvalue weighted by Gasteiger charge is 2.32. The molecule has 1 aromatic rings. The lowest BCUT2D eigenvalue weighted by Crippen LogP contribution is -2.47. The Morgan fingerprint density at radius 3 is 2.40 bits per heavy atom. The number of nitrogens with two attached hydrogens (primary N) is 1. The van der Waals surface area contributed by atoms with E-state index in [0.29, 0.717) is 30.4 Å². The summed E-state index contributed by atoms with van der Waals surface area (Å²) >= 11 is 0. The smallest absolute Gasteiger partial charge is 0.162 e. The Labute approximate surface area is 118 Å². The first-order valence-corrected chi connectivity index (χ1v) is 6.62. The number of nitrogen functional groups attached to an aromatic ring is 1. The van der Waals surface area contributed by atoms with Gasteiger partial charge in [-0.15, -0.1) is 0 Å². The maximum absolute atomic E-state index is 9.71. The van der Waals surface area contributed by atoms with Gasteiger partial charge in [0.05, 0.1) is 37.7 Å². The van der Waals surface area contributed by atoms with E-state index < -0.39 is 5.54 Å². The topological polar surface area (TPSA) is 86.0 Å². The predicted molar refractivity (Wildman–Crippen MR) is 77.5 cm³/mol. The summed E-state index contributed by atoms with van der Waals surface area (Å²) < 4.78 is 15.8. The number of ether oxygens (including phenoxy) is 3. The summed E-state index contributed by atoms with van der Waals surface area (Å²) in [7, 11) is 3.15. The second kappa shape index (κ2) is 6.19. The molecular formula is C14H22N2O4. The van der Waals surface area contributed by atoms with Crippen molar-refractivity contribution in [1.82, 2.24) is 0 Å². The molecule has 1 fully saturated rings. The molecule has 1 aliphatic rings. The summed E-state index contributed by atoms with van der Waals surface area (Å²) in [6, 6.07) is 3.51. The number of methoxy groups -OCH3 is 2. The molecule has 0 bridgehead atoms. The van der Waals surface area contributed by atoms with Crippen LogP contribution < -0.4 is 20.5 Å². The largest absolute Gasteiger partial charge is 0.493 e. The Morgan fingerprint density at radius 2 is 1.85 bits per heavy atom. The van der Waals surface area contributed by atoms with Gasteiger partial charge in [0.1, 0.15) is 0 Å². The summed E-state index contributed by atoms with van der Waals surface area (Å²) in [6.07, 6.45) is 1.47. The molecule has 1 saturated heterocycles. The molecule has 0 aliphatic carbocycles. The molecular weight excluding hydrogens is 260 g/mol. The SMILES string of the molecule is COc1cc(N)c(NC2(CO)CCOCC2)cc1OC. The summed E-state index contributed by atoms with van der Waals surface area (Å²) in [5.74, 6) is 1.19. The van der Waals surface area contributed by atoms with Crippen LogP contribution in [0.1, 0.15) is 12.8 Å². The van der Waals surface area contributed by atoms with Crippen molar-refractivity contribution in [2.75, 3.05) is 45.1 Å². The average Bonchev–Trinajstić information content (AvgIpc) is 2.49. The van der Waals surface area contributed by atoms with Gasteiger partial charge in [-0.1, -0.05) is 0 Å². The van der Waals surface area contributed by atoms with Crippen LogP contribution in [0, 0.1) is 0 Å². The van der Waals surface area contributed by atoms with Crippen LogP contribution in [0.3, 0.4) is 0 Å². The van der Waals surface area contributed by atoms with Crippen LogP contribution in [0.15, 0.2) is 12.1 Å². The van der Waals surface area contributed by atoms with Crippen molar-refractivity contribution in [2.24, 2.45) is 0 Å². The van der Waals surface area contributed by atoms with Crippen molar-refractivity contribution in [2.45, 2.75) is 18.4 Å². The molecule has 1 heterocycles. The number of anilines is 2. The molecule has 0 aromatic heterocycles. The minimum Gasteiger partial charge on any atom is -0.493 e. The first kappa shape index (κ1) is 14.7. The third-order valence-electron chi connectivity index (χ3n) is 3.71. The normalized spacial score (nSPS) is 17.6. The molecule has 20 heavy (non-hydrogen) atoms. The standard InChI is InChI=1S/C14H22N2O4/c1-18-12-7-10(15)11(8-13(12)19-2)16-14(9-17)3-5-20-6-4-14/h7-8,16-17H,3-6,9,15H2,1-2H3. The van der Waals surface area contributed by atoms with Crippen molar-refractivity contribution in [3.05, 3.63) is 12.1 Å². The Bertz CT molecular complexity index is 459. The van der Waals surface area contributed by atoms with E-state index in [9.17, 15) is 5.11 Å². The number of aliphatic hydroxyl groups excluding tert-OH is 1. The van der Waals surface area contributed by atoms with Gasteiger partial charge in [-0.3, -0.25) is 0 Å². The molecule has 0 amide bonds. The Kier molecular flexibility index (Phi) is 4.57. The fraction of sp³-hybridized carbons (Fsp3) is 0.571. The Morgan fingerprint density at radius 1 is 1.25 bits per heavy atom. The maximum Gasteiger partial charge on any atom is 0.162 e. The fourth-order valence-electron chi connectivity index (χ4n) is 2.37. The molecule has 0 radical (unpaired) electrons. The third-order valence-corrected chi connectivity index (χ3v) is 3.71. The highest BCUT2D eigenvalue weighted by atomic mass is 16.5. The lowest BCUT2D eigenvalue weighted by atomic mass is 9.90. The van der Waals surface area contributed by atoms with Gasteiger partial charge in [-0.2, -0.15) is 0 Å². The number of benzene rings is 1. The molecule has 1 aliphatic heterocycles. The first-order chi connectivity index (χ1) is 9.64. The molecule has 4 N–H and O–H groups in total. The number of aliphatic hydroxyl groups is 1. The number of hydrogen-bond donors (Lipinski definition) is 3. The summed E-state index contributed by atoms with van der Waals surface area (Å²) in [5, 5.41) is 13.1. The van der Waals surface area contributed by atoms with Crippen LogP contribution in [0.4, 0.5) is 11.4 Å². The van der Waals surface area contributed by atoms with Gasteiger partial charge in [0.2, 0.25) is 0 Å². The Balaban J connectivity index is 2.27. The predicted octanol–water partition coefficient (Wildman–Crippen LogP) is 1.24. The molecule has 2 rings (SSSR count). The van der Waals surface area contributed by atoms with Gasteiger partial charge in [0.15, 0.2) is 11.5 Å². The maximum atomic E-state index is 9.71. The number of hydrogen-bond acceptors (Lipinski definition) is 6. The number of rotatable bonds is 5. The van der Waals surface area contributed by atoms with E-state index in [4.69, 9.17) is 19.9 Å². The quantitative estimate of drug-likeness (QED) is 0.704. The lowest BCUT2D eigenvalue weighted by molar-refractivity contribution is 0.0380. The van der Waals surface area contributed by atoms with Gasteiger partial charge < -0.3 is 30.4 Å². The third kappa shape index (κ3) is 2.91. The average molecular weight is 282 g/mol. The zero-order valence-electron chi connectivity index (χ0n) is 11.9. The fourth-order valence-corrected chi connectivity index (χ4v) is 2.37. The van der Waals surface area contributed by atoms with Crippen molar-refractivity contribution in [3.63, 3.8) is 0 Å². The molecule has 1 aromatic carbocycles. The van der Waals surface area contributed by atoms with E-state index >= 15 is 0 Å². The molecule has 0 spiro atoms. The second-order valence-corrected chi connectivity index (χ2v) is 4.97. The molecule has 112 valence electrons. The van der Waals surface area contributed by atoms with Crippen molar-refractivity contribution >= 4 is 11.4 Å². The Hall–Kier alpha value is -1.66. The highest BCUT2D eigenvalue weighted by Crippen LogP contribution is 2.37. The number of nitrogens with one attached hydrogen (secondary N) is 1. The van der Waals surface area contributed by atoms with Gasteiger partial charge >= 0.3 is 0 Å². The van der Waals surface area contributed by atoms with Crippen LogP contribution in [0.25, 0.3) is 0 Å². The van der Waals surface area contributed by atoms with Crippen molar-refractivity contribution in [1.29, 1.82) is 0 Å². The van der Waals surface area contributed by atoms with Gasteiger partial charge in [0, 0.05) is 25.3 Å². The summed E-state index contributed by atoms with van der Waals surface area (Å²) in [6.45, 7) is 1.28. The van der Waals surface area contributed by atoms with E-state index in [0.717, 1.165) is 18.5 Å². The van der Waals surface area contributed by atoms with E-state index in [1.165, 1.54) is 0 Å². The lowest BCUT2D eigenvalue weighted by Gasteiger charge is -2.37. The van der Waals surface area contributed by atoms with Crippen LogP contribution in [-0.4, -0.2) is 44.7 Å². The van der Waals surface area contributed by atoms with Gasteiger partial charge in [0.25, 0.3) is 0 Å². The van der Waals surface area contributed by atoms with Crippen LogP contribution >= 0.6 is 0 Å². The van der Waals surface area contributed by atoms with Gasteiger partial charge in [-0.05, 0) is 12.8 Å². The van der Waals surface area contributed by atoms with Crippen LogP contribution in [0.2, 0.25) is 0 Å². The zero-order chi connectivity index (χ0) is 14.6. The summed E-state index contributed by atoms with van der Waals surface area (Å²) in [4.78, 5) is 0. The molecule has 6 heteroatoms. The molecule has 0 unspecified atom stereocenters. The summed E-state index contributed by atoms with van der Waals surface area (Å²) in [5.41, 5.74) is 6.94.